The largest absolute Gasteiger partial charge is 0.338 e. The maximum Gasteiger partial charge on any atom is 0.317 e. The van der Waals surface area contributed by atoms with Gasteiger partial charge in [-0.2, -0.15) is 0 Å². The van der Waals surface area contributed by atoms with E-state index in [0.29, 0.717) is 6.54 Å². The van der Waals surface area contributed by atoms with Crippen molar-refractivity contribution < 1.29 is 4.79 Å². The Balaban J connectivity index is 1.42. The van der Waals surface area contributed by atoms with E-state index in [1.54, 1.807) is 35.5 Å². The highest BCUT2D eigenvalue weighted by atomic mass is 32.2. The number of thiazole rings is 1. The van der Waals surface area contributed by atoms with E-state index in [0.717, 1.165) is 35.9 Å². The van der Waals surface area contributed by atoms with Crippen molar-refractivity contribution in [2.75, 3.05) is 18.8 Å². The monoisotopic (exact) mass is 348 g/mol. The van der Waals surface area contributed by atoms with E-state index in [4.69, 9.17) is 0 Å². The Morgan fingerprint density at radius 3 is 3.04 bits per heavy atom. The number of likely N-dealkylation sites (tertiary alicyclic amines) is 1. The predicted octanol–water partition coefficient (Wildman–Crippen LogP) is 3.57. The number of hydrogen-bond donors (Lipinski definition) is 1. The number of thioether (sulfide) groups is 1. The Morgan fingerprint density at radius 1 is 1.39 bits per heavy atom. The van der Waals surface area contributed by atoms with Crippen LogP contribution in [-0.2, 0) is 0 Å². The number of carbonyl (C=O) groups is 1. The van der Waals surface area contributed by atoms with Gasteiger partial charge >= 0.3 is 6.03 Å². The van der Waals surface area contributed by atoms with Crippen molar-refractivity contribution in [3.8, 4) is 0 Å². The molecular formula is C16H20N4OS2. The quantitative estimate of drug-likeness (QED) is 0.640. The zero-order chi connectivity index (χ0) is 15.9. The second-order valence-corrected chi connectivity index (χ2v) is 7.60. The Kier molecular flexibility index (Phi) is 5.87. The molecule has 5 nitrogen and oxygen atoms in total. The third-order valence-corrected chi connectivity index (χ3v) is 5.89. The molecule has 2 amide bonds. The molecule has 1 aliphatic heterocycles. The van der Waals surface area contributed by atoms with Gasteiger partial charge in [-0.05, 0) is 37.0 Å². The summed E-state index contributed by atoms with van der Waals surface area (Å²) in [6.07, 6.45) is 8.43. The summed E-state index contributed by atoms with van der Waals surface area (Å²) in [5.74, 6) is 0.974. The Morgan fingerprint density at radius 2 is 2.26 bits per heavy atom. The number of hydrogen-bond acceptors (Lipinski definition) is 5. The molecule has 23 heavy (non-hydrogen) atoms. The lowest BCUT2D eigenvalue weighted by Gasteiger charge is -2.25. The lowest BCUT2D eigenvalue weighted by molar-refractivity contribution is 0.193. The van der Waals surface area contributed by atoms with Crippen LogP contribution in [0.25, 0.3) is 0 Å². The van der Waals surface area contributed by atoms with Crippen LogP contribution in [0.1, 0.15) is 30.9 Å². The molecule has 1 N–H and O–H groups in total. The summed E-state index contributed by atoms with van der Waals surface area (Å²) in [5, 5.41) is 5.03. The molecule has 1 atom stereocenters. The summed E-state index contributed by atoms with van der Waals surface area (Å²) < 4.78 is 1.09. The molecule has 0 spiro atoms. The van der Waals surface area contributed by atoms with Gasteiger partial charge < -0.3 is 10.2 Å². The molecule has 7 heteroatoms. The first-order valence-corrected chi connectivity index (χ1v) is 9.68. The number of urea groups is 1. The molecule has 1 saturated heterocycles. The van der Waals surface area contributed by atoms with Crippen molar-refractivity contribution in [3.63, 3.8) is 0 Å². The van der Waals surface area contributed by atoms with Crippen LogP contribution < -0.4 is 5.32 Å². The minimum atomic E-state index is 0.0450. The molecular weight excluding hydrogens is 328 g/mol. The first-order valence-electron chi connectivity index (χ1n) is 7.81. The van der Waals surface area contributed by atoms with Gasteiger partial charge in [-0.1, -0.05) is 11.8 Å². The molecule has 3 heterocycles. The average molecular weight is 348 g/mol. The number of rotatable bonds is 6. The van der Waals surface area contributed by atoms with Crippen molar-refractivity contribution >= 4 is 29.1 Å². The number of pyridine rings is 1. The normalized spacial score (nSPS) is 17.4. The van der Waals surface area contributed by atoms with Crippen LogP contribution >= 0.6 is 23.1 Å². The average Bonchev–Trinajstić information content (AvgIpc) is 3.27. The fraction of sp³-hybridized carbons (Fsp3) is 0.438. The van der Waals surface area contributed by atoms with E-state index < -0.39 is 0 Å². The highest BCUT2D eigenvalue weighted by Gasteiger charge is 2.29. The van der Waals surface area contributed by atoms with Gasteiger partial charge in [-0.25, -0.2) is 9.78 Å². The number of nitrogens with one attached hydrogen (secondary N) is 1. The number of amides is 2. The fourth-order valence-electron chi connectivity index (χ4n) is 2.75. The molecule has 1 fully saturated rings. The van der Waals surface area contributed by atoms with Gasteiger partial charge in [0.25, 0.3) is 0 Å². The highest BCUT2D eigenvalue weighted by molar-refractivity contribution is 8.00. The minimum Gasteiger partial charge on any atom is -0.338 e. The van der Waals surface area contributed by atoms with Gasteiger partial charge in [0.15, 0.2) is 0 Å². The van der Waals surface area contributed by atoms with Crippen molar-refractivity contribution in [2.24, 2.45) is 0 Å². The molecule has 122 valence electrons. The van der Waals surface area contributed by atoms with E-state index in [-0.39, 0.29) is 12.1 Å². The van der Waals surface area contributed by atoms with Gasteiger partial charge in [0.2, 0.25) is 0 Å². The van der Waals surface area contributed by atoms with Crippen LogP contribution in [0.5, 0.6) is 0 Å². The third kappa shape index (κ3) is 4.45. The SMILES string of the molecule is O=C(NCCCSc1nccs1)N1CCC[C@@H]1c1ccncc1. The van der Waals surface area contributed by atoms with Crippen LogP contribution in [0.2, 0.25) is 0 Å². The Labute approximate surface area is 144 Å². The maximum absolute atomic E-state index is 12.4. The highest BCUT2D eigenvalue weighted by Crippen LogP contribution is 2.31. The molecule has 0 radical (unpaired) electrons. The fourth-order valence-corrected chi connectivity index (χ4v) is 4.40. The van der Waals surface area contributed by atoms with Crippen LogP contribution in [0, 0.1) is 0 Å². The maximum atomic E-state index is 12.4. The van der Waals surface area contributed by atoms with Gasteiger partial charge in [-0.15, -0.1) is 11.3 Å². The number of nitrogens with zero attached hydrogens (tertiary/aromatic N) is 3. The Bertz CT molecular complexity index is 606. The van der Waals surface area contributed by atoms with E-state index in [9.17, 15) is 4.79 Å². The van der Waals surface area contributed by atoms with E-state index in [2.05, 4.69) is 15.3 Å². The molecule has 0 aliphatic carbocycles. The summed E-state index contributed by atoms with van der Waals surface area (Å²) in [6.45, 7) is 1.53. The minimum absolute atomic E-state index is 0.0450. The van der Waals surface area contributed by atoms with Crippen LogP contribution in [-0.4, -0.2) is 39.7 Å². The van der Waals surface area contributed by atoms with Crippen molar-refractivity contribution in [1.29, 1.82) is 0 Å². The van der Waals surface area contributed by atoms with Crippen LogP contribution in [0.4, 0.5) is 4.79 Å². The van der Waals surface area contributed by atoms with Gasteiger partial charge in [-0.3, -0.25) is 4.98 Å². The summed E-state index contributed by atoms with van der Waals surface area (Å²) in [4.78, 5) is 22.6. The first-order chi connectivity index (χ1) is 11.3. The van der Waals surface area contributed by atoms with Crippen molar-refractivity contribution in [1.82, 2.24) is 20.2 Å². The van der Waals surface area contributed by atoms with Crippen molar-refractivity contribution in [2.45, 2.75) is 29.6 Å². The summed E-state index contributed by atoms with van der Waals surface area (Å²) in [7, 11) is 0. The van der Waals surface area contributed by atoms with E-state index in [1.807, 2.05) is 28.6 Å². The lowest BCUT2D eigenvalue weighted by atomic mass is 10.1. The first kappa shape index (κ1) is 16.3. The lowest BCUT2D eigenvalue weighted by Crippen LogP contribution is -2.40. The second-order valence-electron chi connectivity index (χ2n) is 5.36. The summed E-state index contributed by atoms with van der Waals surface area (Å²) >= 11 is 3.40. The van der Waals surface area contributed by atoms with E-state index >= 15 is 0 Å². The van der Waals surface area contributed by atoms with E-state index in [1.165, 1.54) is 5.56 Å². The summed E-state index contributed by atoms with van der Waals surface area (Å²) in [5.41, 5.74) is 1.17. The molecule has 0 bridgehead atoms. The van der Waals surface area contributed by atoms with Crippen LogP contribution in [0.3, 0.4) is 0 Å². The standard InChI is InChI=1S/C16H20N4OS2/c21-15(18-6-2-11-22-16-19-9-12-23-16)20-10-1-3-14(20)13-4-7-17-8-5-13/h4-5,7-9,12,14H,1-3,6,10-11H2,(H,18,21)/t14-/m1/s1. The predicted molar refractivity (Wildman–Crippen MR) is 93.8 cm³/mol. The number of carbonyl (C=O) groups excluding carboxylic acids is 1. The molecule has 2 aromatic rings. The molecule has 1 aliphatic rings. The topological polar surface area (TPSA) is 58.1 Å². The molecule has 2 aromatic heterocycles. The smallest absolute Gasteiger partial charge is 0.317 e. The molecule has 0 saturated carbocycles. The third-order valence-electron chi connectivity index (χ3n) is 3.84. The van der Waals surface area contributed by atoms with Crippen LogP contribution in [0.15, 0.2) is 40.4 Å². The molecule has 0 aromatic carbocycles. The Hall–Kier alpha value is -1.60. The second kappa shape index (κ2) is 8.31. The van der Waals surface area contributed by atoms with Gasteiger partial charge in [0.05, 0.1) is 6.04 Å². The summed E-state index contributed by atoms with van der Waals surface area (Å²) in [6, 6.07) is 4.23. The zero-order valence-corrected chi connectivity index (χ0v) is 14.5. The van der Waals surface area contributed by atoms with Gasteiger partial charge in [0.1, 0.15) is 4.34 Å². The zero-order valence-electron chi connectivity index (χ0n) is 12.9. The number of aromatic nitrogens is 2. The molecule has 0 unspecified atom stereocenters. The molecule has 3 rings (SSSR count). The van der Waals surface area contributed by atoms with Gasteiger partial charge in [0, 0.05) is 42.8 Å². The van der Waals surface area contributed by atoms with Crippen molar-refractivity contribution in [3.05, 3.63) is 41.7 Å².